The van der Waals surface area contributed by atoms with Crippen LogP contribution < -0.4 is 11.5 Å². The number of anilines is 1. The molecule has 0 aliphatic carbocycles. The lowest BCUT2D eigenvalue weighted by atomic mass is 10.1. The van der Waals surface area contributed by atoms with Gasteiger partial charge in [-0.1, -0.05) is 15.9 Å². The Labute approximate surface area is 74.7 Å². The van der Waals surface area contributed by atoms with Crippen LogP contribution in [0.2, 0.25) is 0 Å². The summed E-state index contributed by atoms with van der Waals surface area (Å²) in [4.78, 5) is 0. The molecule has 1 atom stereocenters. The van der Waals surface area contributed by atoms with Gasteiger partial charge in [-0.05, 0) is 30.7 Å². The molecule has 0 amide bonds. The number of hydrogen-bond donors (Lipinski definition) is 2. The Bertz CT molecular complexity index is 258. The van der Waals surface area contributed by atoms with Crippen molar-refractivity contribution in [3.8, 4) is 0 Å². The molecule has 0 aliphatic heterocycles. The van der Waals surface area contributed by atoms with E-state index in [4.69, 9.17) is 11.5 Å². The molecule has 11 heavy (non-hydrogen) atoms. The fraction of sp³-hybridized carbons (Fsp3) is 0.250. The molecule has 4 N–H and O–H groups in total. The van der Waals surface area contributed by atoms with Crippen LogP contribution in [0, 0.1) is 0 Å². The zero-order valence-electron chi connectivity index (χ0n) is 6.34. The maximum atomic E-state index is 5.69. The van der Waals surface area contributed by atoms with E-state index in [0.717, 1.165) is 15.7 Å². The summed E-state index contributed by atoms with van der Waals surface area (Å²) in [5.41, 5.74) is 13.1. The molecule has 60 valence electrons. The number of rotatable bonds is 1. The second-order valence-corrected chi connectivity index (χ2v) is 3.48. The van der Waals surface area contributed by atoms with Gasteiger partial charge in [0.25, 0.3) is 0 Å². The van der Waals surface area contributed by atoms with Crippen LogP contribution in [0.1, 0.15) is 18.5 Å². The molecule has 1 aromatic rings. The van der Waals surface area contributed by atoms with E-state index in [9.17, 15) is 0 Å². The lowest BCUT2D eigenvalue weighted by Gasteiger charge is -2.08. The third kappa shape index (κ3) is 1.94. The van der Waals surface area contributed by atoms with Gasteiger partial charge in [0, 0.05) is 16.2 Å². The first kappa shape index (κ1) is 8.56. The topological polar surface area (TPSA) is 52.0 Å². The van der Waals surface area contributed by atoms with Crippen LogP contribution in [0.25, 0.3) is 0 Å². The summed E-state index contributed by atoms with van der Waals surface area (Å²) in [6, 6.07) is 5.69. The third-order valence-corrected chi connectivity index (χ3v) is 2.03. The van der Waals surface area contributed by atoms with Gasteiger partial charge >= 0.3 is 0 Å². The molecule has 0 heterocycles. The Kier molecular flexibility index (Phi) is 2.52. The van der Waals surface area contributed by atoms with Crippen molar-refractivity contribution in [2.75, 3.05) is 5.73 Å². The van der Waals surface area contributed by atoms with E-state index in [1.54, 1.807) is 0 Å². The van der Waals surface area contributed by atoms with E-state index in [-0.39, 0.29) is 6.04 Å². The molecule has 0 saturated carbocycles. The van der Waals surface area contributed by atoms with Crippen molar-refractivity contribution in [1.82, 2.24) is 0 Å². The lowest BCUT2D eigenvalue weighted by Crippen LogP contribution is -2.07. The fourth-order valence-electron chi connectivity index (χ4n) is 0.940. The van der Waals surface area contributed by atoms with Gasteiger partial charge in [-0.3, -0.25) is 0 Å². The average molecular weight is 215 g/mol. The highest BCUT2D eigenvalue weighted by Crippen LogP contribution is 2.22. The smallest absolute Gasteiger partial charge is 0.0363 e. The SMILES string of the molecule is C[C@H](N)c1cc(Br)ccc1N. The molecule has 0 fully saturated rings. The standard InChI is InChI=1S/C8H11BrN2/c1-5(10)7-4-6(9)2-3-8(7)11/h2-5H,10-11H2,1H3/t5-/m0/s1. The Hall–Kier alpha value is -0.540. The van der Waals surface area contributed by atoms with Crippen LogP contribution in [-0.4, -0.2) is 0 Å². The Morgan fingerprint density at radius 1 is 1.45 bits per heavy atom. The molecule has 0 bridgehead atoms. The van der Waals surface area contributed by atoms with Gasteiger partial charge in [0.2, 0.25) is 0 Å². The Balaban J connectivity index is 3.13. The molecule has 1 rings (SSSR count). The number of nitrogens with two attached hydrogens (primary N) is 2. The zero-order valence-corrected chi connectivity index (χ0v) is 7.93. The molecule has 0 radical (unpaired) electrons. The van der Waals surface area contributed by atoms with E-state index in [0.29, 0.717) is 0 Å². The molecule has 0 spiro atoms. The maximum absolute atomic E-state index is 5.69. The monoisotopic (exact) mass is 214 g/mol. The molecule has 2 nitrogen and oxygen atoms in total. The highest BCUT2D eigenvalue weighted by molar-refractivity contribution is 9.10. The largest absolute Gasteiger partial charge is 0.398 e. The van der Waals surface area contributed by atoms with Crippen molar-refractivity contribution < 1.29 is 0 Å². The van der Waals surface area contributed by atoms with Crippen molar-refractivity contribution in [1.29, 1.82) is 0 Å². The van der Waals surface area contributed by atoms with Gasteiger partial charge in [0.15, 0.2) is 0 Å². The molecular formula is C8H11BrN2. The van der Waals surface area contributed by atoms with Gasteiger partial charge in [-0.15, -0.1) is 0 Å². The minimum absolute atomic E-state index is 0.00694. The van der Waals surface area contributed by atoms with Crippen LogP contribution in [0.15, 0.2) is 22.7 Å². The van der Waals surface area contributed by atoms with E-state index < -0.39 is 0 Å². The minimum Gasteiger partial charge on any atom is -0.398 e. The van der Waals surface area contributed by atoms with Crippen LogP contribution >= 0.6 is 15.9 Å². The second-order valence-electron chi connectivity index (χ2n) is 2.56. The highest BCUT2D eigenvalue weighted by Gasteiger charge is 2.03. The normalized spacial score (nSPS) is 13.0. The van der Waals surface area contributed by atoms with E-state index >= 15 is 0 Å². The molecular weight excluding hydrogens is 204 g/mol. The average Bonchev–Trinajstić information content (AvgIpc) is 1.94. The Morgan fingerprint density at radius 2 is 2.09 bits per heavy atom. The summed E-state index contributed by atoms with van der Waals surface area (Å²) in [6.07, 6.45) is 0. The van der Waals surface area contributed by atoms with E-state index in [1.807, 2.05) is 25.1 Å². The maximum Gasteiger partial charge on any atom is 0.0363 e. The summed E-state index contributed by atoms with van der Waals surface area (Å²) in [6.45, 7) is 1.91. The molecule has 0 unspecified atom stereocenters. The number of hydrogen-bond acceptors (Lipinski definition) is 2. The molecule has 3 heteroatoms. The summed E-state index contributed by atoms with van der Waals surface area (Å²) in [5, 5.41) is 0. The predicted octanol–water partition coefficient (Wildman–Crippen LogP) is 2.05. The number of halogens is 1. The van der Waals surface area contributed by atoms with Crippen molar-refractivity contribution >= 4 is 21.6 Å². The molecule has 0 aliphatic rings. The first-order valence-electron chi connectivity index (χ1n) is 3.42. The number of nitrogen functional groups attached to an aromatic ring is 1. The first-order chi connectivity index (χ1) is 5.11. The summed E-state index contributed by atoms with van der Waals surface area (Å²) < 4.78 is 1.01. The third-order valence-electron chi connectivity index (χ3n) is 1.54. The van der Waals surface area contributed by atoms with Gasteiger partial charge in [0.05, 0.1) is 0 Å². The van der Waals surface area contributed by atoms with E-state index in [2.05, 4.69) is 15.9 Å². The second kappa shape index (κ2) is 3.24. The fourth-order valence-corrected chi connectivity index (χ4v) is 1.32. The number of benzene rings is 1. The molecule has 1 aromatic carbocycles. The van der Waals surface area contributed by atoms with E-state index in [1.165, 1.54) is 0 Å². The Morgan fingerprint density at radius 3 is 2.55 bits per heavy atom. The van der Waals surface area contributed by atoms with Crippen molar-refractivity contribution in [3.63, 3.8) is 0 Å². The predicted molar refractivity (Wildman–Crippen MR) is 51.2 cm³/mol. The zero-order chi connectivity index (χ0) is 8.43. The van der Waals surface area contributed by atoms with Crippen molar-refractivity contribution in [3.05, 3.63) is 28.2 Å². The summed E-state index contributed by atoms with van der Waals surface area (Å²) >= 11 is 3.35. The summed E-state index contributed by atoms with van der Waals surface area (Å²) in [5.74, 6) is 0. The minimum atomic E-state index is -0.00694. The quantitative estimate of drug-likeness (QED) is 0.704. The van der Waals surface area contributed by atoms with Crippen LogP contribution in [0.3, 0.4) is 0 Å². The molecule has 0 saturated heterocycles. The first-order valence-corrected chi connectivity index (χ1v) is 4.21. The lowest BCUT2D eigenvalue weighted by molar-refractivity contribution is 0.820. The molecule has 0 aromatic heterocycles. The summed E-state index contributed by atoms with van der Waals surface area (Å²) in [7, 11) is 0. The van der Waals surface area contributed by atoms with Gasteiger partial charge in [-0.2, -0.15) is 0 Å². The van der Waals surface area contributed by atoms with Crippen LogP contribution in [0.4, 0.5) is 5.69 Å². The van der Waals surface area contributed by atoms with Crippen molar-refractivity contribution in [2.24, 2.45) is 5.73 Å². The highest BCUT2D eigenvalue weighted by atomic mass is 79.9. The van der Waals surface area contributed by atoms with Gasteiger partial charge < -0.3 is 11.5 Å². The van der Waals surface area contributed by atoms with Gasteiger partial charge in [-0.25, -0.2) is 0 Å². The van der Waals surface area contributed by atoms with Gasteiger partial charge in [0.1, 0.15) is 0 Å². The van der Waals surface area contributed by atoms with Crippen LogP contribution in [0.5, 0.6) is 0 Å². The van der Waals surface area contributed by atoms with Crippen LogP contribution in [-0.2, 0) is 0 Å². The van der Waals surface area contributed by atoms with Crippen molar-refractivity contribution in [2.45, 2.75) is 13.0 Å².